The summed E-state index contributed by atoms with van der Waals surface area (Å²) in [5, 5.41) is 14.8. The molecule has 32 heavy (non-hydrogen) atoms. The Morgan fingerprint density at radius 3 is 2.56 bits per heavy atom. The number of amides is 1. The Hall–Kier alpha value is -2.63. The van der Waals surface area contributed by atoms with Gasteiger partial charge in [0.05, 0.1) is 6.61 Å². The number of phenolic OH excluding ortho intramolecular Hbond substituents is 1. The van der Waals surface area contributed by atoms with E-state index in [2.05, 4.69) is 5.32 Å². The van der Waals surface area contributed by atoms with Crippen LogP contribution in [0.25, 0.3) is 11.1 Å². The van der Waals surface area contributed by atoms with Crippen molar-refractivity contribution in [1.29, 1.82) is 0 Å². The second-order valence-corrected chi connectivity index (χ2v) is 8.87. The molecule has 0 saturated heterocycles. The van der Waals surface area contributed by atoms with Crippen molar-refractivity contribution in [2.24, 2.45) is 0 Å². The second-order valence-electron chi connectivity index (χ2n) is 6.34. The van der Waals surface area contributed by atoms with Crippen molar-refractivity contribution in [3.05, 3.63) is 67.6 Å². The molecule has 0 unspecified atom stereocenters. The molecule has 0 saturated carbocycles. The van der Waals surface area contributed by atoms with Crippen LogP contribution in [0, 0.1) is 3.57 Å². The van der Waals surface area contributed by atoms with Gasteiger partial charge in [0.25, 0.3) is 5.91 Å². The molecule has 3 rings (SSSR count). The molecule has 0 bridgehead atoms. The molecular formula is C22H17ClINO6S. The normalized spacial score (nSPS) is 10.5. The minimum absolute atomic E-state index is 0.0472. The third-order valence-corrected chi connectivity index (χ3v) is 6.10. The summed E-state index contributed by atoms with van der Waals surface area (Å²) in [6.45, 7) is 1.23. The number of hydrogen-bond acceptors (Lipinski definition) is 7. The minimum Gasteiger partial charge on any atom is -0.507 e. The first kappa shape index (κ1) is 24.0. The maximum Gasteiger partial charge on any atom is 0.342 e. The molecule has 2 aromatic carbocycles. The number of phenols is 1. The van der Waals surface area contributed by atoms with Crippen LogP contribution in [0.4, 0.5) is 5.00 Å². The third-order valence-electron chi connectivity index (χ3n) is 4.20. The average molecular weight is 586 g/mol. The molecule has 7 nitrogen and oxygen atoms in total. The predicted molar refractivity (Wildman–Crippen MR) is 130 cm³/mol. The molecular weight excluding hydrogens is 569 g/mol. The minimum atomic E-state index is -0.843. The topological polar surface area (TPSA) is 102 Å². The molecule has 3 aromatic rings. The Labute approximate surface area is 206 Å². The van der Waals surface area contributed by atoms with Crippen molar-refractivity contribution in [3.8, 4) is 16.9 Å². The summed E-state index contributed by atoms with van der Waals surface area (Å²) in [5.74, 6) is -2.35. The third kappa shape index (κ3) is 5.59. The molecule has 0 fully saturated rings. The van der Waals surface area contributed by atoms with Crippen molar-refractivity contribution in [1.82, 2.24) is 0 Å². The van der Waals surface area contributed by atoms with Gasteiger partial charge in [0.2, 0.25) is 0 Å². The van der Waals surface area contributed by atoms with Crippen molar-refractivity contribution in [2.45, 2.75) is 6.92 Å². The fraction of sp³-hybridized carbons (Fsp3) is 0.136. The summed E-state index contributed by atoms with van der Waals surface area (Å²) >= 11 is 9.39. The first-order chi connectivity index (χ1) is 15.3. The molecule has 1 aromatic heterocycles. The molecule has 0 aliphatic heterocycles. The molecule has 2 N–H and O–H groups in total. The highest BCUT2D eigenvalue weighted by molar-refractivity contribution is 14.1. The number of nitrogens with one attached hydrogen (secondary N) is 1. The Kier molecular flexibility index (Phi) is 8.10. The van der Waals surface area contributed by atoms with Crippen LogP contribution >= 0.6 is 45.5 Å². The van der Waals surface area contributed by atoms with Crippen molar-refractivity contribution >= 4 is 68.4 Å². The van der Waals surface area contributed by atoms with E-state index in [4.69, 9.17) is 21.1 Å². The van der Waals surface area contributed by atoms with Gasteiger partial charge >= 0.3 is 11.9 Å². The standard InChI is InChI=1S/C22H17ClINO6S/c1-2-30-22(29)19-15(13-5-3-4-6-16(13)23)11-32-20(19)25-18(27)10-31-21(28)14-9-12(24)7-8-17(14)26/h3-9,11,26H,2,10H2,1H3,(H,25,27). The summed E-state index contributed by atoms with van der Waals surface area (Å²) < 4.78 is 10.9. The van der Waals surface area contributed by atoms with Crippen LogP contribution in [0.15, 0.2) is 47.8 Å². The highest BCUT2D eigenvalue weighted by Gasteiger charge is 2.24. The number of carbonyl (C=O) groups excluding carboxylic acids is 3. The van der Waals surface area contributed by atoms with E-state index in [-0.39, 0.29) is 28.5 Å². The molecule has 10 heteroatoms. The lowest BCUT2D eigenvalue weighted by Crippen LogP contribution is -2.22. The molecule has 1 amide bonds. The van der Waals surface area contributed by atoms with Crippen molar-refractivity contribution in [2.75, 3.05) is 18.5 Å². The van der Waals surface area contributed by atoms with Gasteiger partial charge in [-0.05, 0) is 53.8 Å². The van der Waals surface area contributed by atoms with E-state index in [0.29, 0.717) is 16.1 Å². The molecule has 166 valence electrons. The number of ether oxygens (including phenoxy) is 2. The van der Waals surface area contributed by atoms with E-state index in [0.717, 1.165) is 14.9 Å². The average Bonchev–Trinajstić information content (AvgIpc) is 3.17. The van der Waals surface area contributed by atoms with Gasteiger partial charge in [-0.2, -0.15) is 0 Å². The van der Waals surface area contributed by atoms with Crippen LogP contribution < -0.4 is 5.32 Å². The first-order valence-electron chi connectivity index (χ1n) is 9.30. The van der Waals surface area contributed by atoms with Crippen LogP contribution in [0.5, 0.6) is 5.75 Å². The largest absolute Gasteiger partial charge is 0.507 e. The Morgan fingerprint density at radius 1 is 1.09 bits per heavy atom. The van der Waals surface area contributed by atoms with Gasteiger partial charge in [0.15, 0.2) is 6.61 Å². The monoisotopic (exact) mass is 585 g/mol. The Balaban J connectivity index is 1.78. The zero-order valence-corrected chi connectivity index (χ0v) is 20.4. The lowest BCUT2D eigenvalue weighted by molar-refractivity contribution is -0.119. The maximum absolute atomic E-state index is 12.6. The molecule has 0 radical (unpaired) electrons. The van der Waals surface area contributed by atoms with Gasteiger partial charge in [0.1, 0.15) is 21.9 Å². The highest BCUT2D eigenvalue weighted by Crippen LogP contribution is 2.39. The van der Waals surface area contributed by atoms with Crippen LogP contribution in [0.2, 0.25) is 5.02 Å². The maximum atomic E-state index is 12.6. The van der Waals surface area contributed by atoms with Crippen LogP contribution in [0.3, 0.4) is 0 Å². The fourth-order valence-electron chi connectivity index (χ4n) is 2.78. The van der Waals surface area contributed by atoms with E-state index >= 15 is 0 Å². The van der Waals surface area contributed by atoms with Gasteiger partial charge in [-0.1, -0.05) is 29.8 Å². The summed E-state index contributed by atoms with van der Waals surface area (Å²) in [6, 6.07) is 11.5. The van der Waals surface area contributed by atoms with Gasteiger partial charge in [-0.3, -0.25) is 4.79 Å². The van der Waals surface area contributed by atoms with E-state index < -0.39 is 24.5 Å². The number of anilines is 1. The number of carbonyl (C=O) groups is 3. The Bertz CT molecular complexity index is 1180. The van der Waals surface area contributed by atoms with E-state index in [1.54, 1.807) is 42.6 Å². The summed E-state index contributed by atoms with van der Waals surface area (Å²) in [5.41, 5.74) is 1.26. The number of thiophene rings is 1. The number of halogens is 2. The smallest absolute Gasteiger partial charge is 0.342 e. The molecule has 0 aliphatic carbocycles. The number of benzene rings is 2. The SMILES string of the molecule is CCOC(=O)c1c(-c2ccccc2Cl)csc1NC(=O)COC(=O)c1cc(I)ccc1O. The highest BCUT2D eigenvalue weighted by atomic mass is 127. The first-order valence-corrected chi connectivity index (χ1v) is 11.6. The van der Waals surface area contributed by atoms with Gasteiger partial charge in [-0.25, -0.2) is 9.59 Å². The van der Waals surface area contributed by atoms with Crippen LogP contribution in [0.1, 0.15) is 27.6 Å². The van der Waals surface area contributed by atoms with Crippen LogP contribution in [-0.2, 0) is 14.3 Å². The summed E-state index contributed by atoms with van der Waals surface area (Å²) in [6.07, 6.45) is 0. The quantitative estimate of drug-likeness (QED) is 0.286. The fourth-order valence-corrected chi connectivity index (χ4v) is 4.47. The van der Waals surface area contributed by atoms with Gasteiger partial charge in [-0.15, -0.1) is 11.3 Å². The molecule has 0 spiro atoms. The molecule has 0 atom stereocenters. The summed E-state index contributed by atoms with van der Waals surface area (Å²) in [4.78, 5) is 37.2. The lowest BCUT2D eigenvalue weighted by atomic mass is 10.0. The number of rotatable bonds is 7. The summed E-state index contributed by atoms with van der Waals surface area (Å²) in [7, 11) is 0. The zero-order valence-electron chi connectivity index (χ0n) is 16.7. The van der Waals surface area contributed by atoms with E-state index in [9.17, 15) is 19.5 Å². The van der Waals surface area contributed by atoms with E-state index in [1.165, 1.54) is 12.1 Å². The Morgan fingerprint density at radius 2 is 1.84 bits per heavy atom. The zero-order chi connectivity index (χ0) is 23.3. The van der Waals surface area contributed by atoms with Gasteiger partial charge < -0.3 is 19.9 Å². The number of esters is 2. The molecule has 0 aliphatic rings. The predicted octanol–water partition coefficient (Wildman–Crippen LogP) is 5.35. The van der Waals surface area contributed by atoms with Crippen molar-refractivity contribution < 1.29 is 29.0 Å². The van der Waals surface area contributed by atoms with Gasteiger partial charge in [0, 0.05) is 25.1 Å². The number of aromatic hydroxyl groups is 1. The lowest BCUT2D eigenvalue weighted by Gasteiger charge is -2.10. The van der Waals surface area contributed by atoms with Crippen LogP contribution in [-0.4, -0.2) is 36.2 Å². The van der Waals surface area contributed by atoms with Crippen molar-refractivity contribution in [3.63, 3.8) is 0 Å². The molecule has 1 heterocycles. The second kappa shape index (κ2) is 10.8. The van der Waals surface area contributed by atoms with E-state index in [1.807, 2.05) is 22.6 Å². The number of hydrogen-bond donors (Lipinski definition) is 2.